The molecule has 2 fully saturated rings. The molecule has 19 heavy (non-hydrogen) atoms. The van der Waals surface area contributed by atoms with E-state index in [2.05, 4.69) is 10.6 Å². The van der Waals surface area contributed by atoms with Gasteiger partial charge < -0.3 is 10.4 Å². The molecule has 3 N–H and O–H groups in total. The van der Waals surface area contributed by atoms with Crippen LogP contribution in [0.25, 0.3) is 0 Å². The minimum absolute atomic E-state index is 0.141. The Morgan fingerprint density at radius 2 is 2.21 bits per heavy atom. The van der Waals surface area contributed by atoms with Crippen molar-refractivity contribution in [2.24, 2.45) is 17.8 Å². The highest BCUT2D eigenvalue weighted by Gasteiger charge is 2.47. The summed E-state index contributed by atoms with van der Waals surface area (Å²) >= 11 is 1.57. The average Bonchev–Trinajstić information content (AvgIpc) is 3.05. The molecule has 104 valence electrons. The molecule has 0 aromatic carbocycles. The Morgan fingerprint density at radius 1 is 1.42 bits per heavy atom. The number of rotatable bonds is 3. The van der Waals surface area contributed by atoms with Gasteiger partial charge in [-0.2, -0.15) is 0 Å². The van der Waals surface area contributed by atoms with Crippen LogP contribution in [0.1, 0.15) is 24.1 Å². The third kappa shape index (κ3) is 2.49. The first-order valence-electron chi connectivity index (χ1n) is 6.92. The Hall–Kier alpha value is -1.07. The van der Waals surface area contributed by atoms with Crippen LogP contribution in [0.5, 0.6) is 0 Å². The van der Waals surface area contributed by atoms with Crippen molar-refractivity contribution in [3.63, 3.8) is 0 Å². The van der Waals surface area contributed by atoms with Gasteiger partial charge in [-0.05, 0) is 50.2 Å². The normalized spacial score (nSPS) is 32.5. The van der Waals surface area contributed by atoms with Gasteiger partial charge >= 0.3 is 6.03 Å². The summed E-state index contributed by atoms with van der Waals surface area (Å²) in [5.41, 5.74) is 0. The molecule has 2 aliphatic rings. The number of hydrogen-bond acceptors (Lipinski definition) is 3. The standard InChI is InChI=1S/C14H20N2O2S/c1-8-2-5-12(19-8)15-14(18)16-13-10-4-3-9(6-10)11(13)7-17/h2,5,9-11,13,17H,3-4,6-7H2,1H3,(H2,15,16,18)/t9-,10-,11-,13-/m0/s1. The second kappa shape index (κ2) is 5.13. The van der Waals surface area contributed by atoms with Gasteiger partial charge in [0.2, 0.25) is 0 Å². The van der Waals surface area contributed by atoms with Crippen LogP contribution in [-0.2, 0) is 0 Å². The number of aliphatic hydroxyl groups is 1. The third-order valence-electron chi connectivity index (χ3n) is 4.57. The third-order valence-corrected chi connectivity index (χ3v) is 5.49. The maximum absolute atomic E-state index is 12.0. The van der Waals surface area contributed by atoms with Crippen LogP contribution in [0.3, 0.4) is 0 Å². The SMILES string of the molecule is Cc1ccc(NC(=O)N[C@H]2[C@H]3CC[C@@H](C3)[C@@H]2CO)s1. The maximum Gasteiger partial charge on any atom is 0.320 e. The van der Waals surface area contributed by atoms with Crippen molar-refractivity contribution < 1.29 is 9.90 Å². The number of amides is 2. The van der Waals surface area contributed by atoms with Crippen molar-refractivity contribution in [2.45, 2.75) is 32.2 Å². The van der Waals surface area contributed by atoms with Gasteiger partial charge in [-0.1, -0.05) is 0 Å². The number of fused-ring (bicyclic) bond motifs is 2. The summed E-state index contributed by atoms with van der Waals surface area (Å²) in [7, 11) is 0. The fraction of sp³-hybridized carbons (Fsp3) is 0.643. The van der Waals surface area contributed by atoms with E-state index in [1.165, 1.54) is 17.7 Å². The van der Waals surface area contributed by atoms with E-state index in [9.17, 15) is 9.90 Å². The van der Waals surface area contributed by atoms with E-state index < -0.39 is 0 Å². The van der Waals surface area contributed by atoms with Crippen LogP contribution in [-0.4, -0.2) is 23.8 Å². The van der Waals surface area contributed by atoms with Crippen LogP contribution >= 0.6 is 11.3 Å². The Bertz CT molecular complexity index is 474. The van der Waals surface area contributed by atoms with Crippen molar-refractivity contribution in [2.75, 3.05) is 11.9 Å². The van der Waals surface area contributed by atoms with E-state index in [0.717, 1.165) is 11.4 Å². The van der Waals surface area contributed by atoms with Crippen molar-refractivity contribution >= 4 is 22.4 Å². The number of carbonyl (C=O) groups excluding carboxylic acids is 1. The zero-order valence-corrected chi connectivity index (χ0v) is 11.9. The molecule has 3 rings (SSSR count). The molecule has 1 aromatic heterocycles. The first-order valence-corrected chi connectivity index (χ1v) is 7.74. The summed E-state index contributed by atoms with van der Waals surface area (Å²) < 4.78 is 0. The second-order valence-corrected chi connectivity index (χ2v) is 7.00. The van der Waals surface area contributed by atoms with Gasteiger partial charge in [-0.3, -0.25) is 5.32 Å². The van der Waals surface area contributed by atoms with E-state index >= 15 is 0 Å². The lowest BCUT2D eigenvalue weighted by Crippen LogP contribution is -2.46. The minimum atomic E-state index is -0.141. The molecule has 1 heterocycles. The molecule has 5 heteroatoms. The van der Waals surface area contributed by atoms with Crippen LogP contribution in [0, 0.1) is 24.7 Å². The molecule has 0 saturated heterocycles. The van der Waals surface area contributed by atoms with E-state index in [-0.39, 0.29) is 24.6 Å². The van der Waals surface area contributed by atoms with Crippen LogP contribution in [0.2, 0.25) is 0 Å². The highest BCUT2D eigenvalue weighted by atomic mass is 32.1. The number of nitrogens with one attached hydrogen (secondary N) is 2. The summed E-state index contributed by atoms with van der Waals surface area (Å²) in [6.45, 7) is 2.20. The first-order chi connectivity index (χ1) is 9.17. The first kappa shape index (κ1) is 12.9. The highest BCUT2D eigenvalue weighted by Crippen LogP contribution is 2.48. The van der Waals surface area contributed by atoms with E-state index in [0.29, 0.717) is 11.8 Å². The second-order valence-electron chi connectivity index (χ2n) is 5.71. The maximum atomic E-state index is 12.0. The molecule has 1 aromatic rings. The van der Waals surface area contributed by atoms with Crippen molar-refractivity contribution in [1.29, 1.82) is 0 Å². The summed E-state index contributed by atoms with van der Waals surface area (Å²) in [5, 5.41) is 16.3. The molecule has 0 aliphatic heterocycles. The quantitative estimate of drug-likeness (QED) is 0.797. The van der Waals surface area contributed by atoms with Crippen molar-refractivity contribution in [3.8, 4) is 0 Å². The van der Waals surface area contributed by atoms with E-state index in [1.807, 2.05) is 19.1 Å². The number of urea groups is 1. The molecule has 0 spiro atoms. The van der Waals surface area contributed by atoms with Crippen molar-refractivity contribution in [1.82, 2.24) is 5.32 Å². The van der Waals surface area contributed by atoms with Crippen LogP contribution in [0.4, 0.5) is 9.80 Å². The fourth-order valence-corrected chi connectivity index (χ4v) is 4.46. The zero-order valence-electron chi connectivity index (χ0n) is 11.1. The van der Waals surface area contributed by atoms with Gasteiger partial charge in [0, 0.05) is 23.4 Å². The predicted octanol–water partition coefficient (Wildman–Crippen LogP) is 2.59. The molecule has 2 amide bonds. The zero-order chi connectivity index (χ0) is 13.4. The molecule has 2 bridgehead atoms. The molecule has 2 aliphatic carbocycles. The molecule has 4 atom stereocenters. The number of aryl methyl sites for hydroxylation is 1. The Balaban J connectivity index is 1.60. The van der Waals surface area contributed by atoms with Crippen LogP contribution < -0.4 is 10.6 Å². The molecule has 0 unspecified atom stereocenters. The van der Waals surface area contributed by atoms with Crippen molar-refractivity contribution in [3.05, 3.63) is 17.0 Å². The number of carbonyl (C=O) groups is 1. The van der Waals surface area contributed by atoms with Gasteiger partial charge in [0.15, 0.2) is 0 Å². The van der Waals surface area contributed by atoms with Gasteiger partial charge in [0.25, 0.3) is 0 Å². The number of hydrogen-bond donors (Lipinski definition) is 3. The fourth-order valence-electron chi connectivity index (χ4n) is 3.70. The van der Waals surface area contributed by atoms with Gasteiger partial charge in [-0.25, -0.2) is 4.79 Å². The molecule has 2 saturated carbocycles. The molecular weight excluding hydrogens is 260 g/mol. The summed E-state index contributed by atoms with van der Waals surface area (Å²) in [6, 6.07) is 3.92. The topological polar surface area (TPSA) is 61.4 Å². The summed E-state index contributed by atoms with van der Waals surface area (Å²) in [5.74, 6) is 1.40. The van der Waals surface area contributed by atoms with Crippen LogP contribution in [0.15, 0.2) is 12.1 Å². The Labute approximate surface area is 117 Å². The molecule has 4 nitrogen and oxygen atoms in total. The number of thiophene rings is 1. The monoisotopic (exact) mass is 280 g/mol. The lowest BCUT2D eigenvalue weighted by Gasteiger charge is -2.30. The number of anilines is 1. The predicted molar refractivity (Wildman–Crippen MR) is 76.4 cm³/mol. The Morgan fingerprint density at radius 3 is 2.89 bits per heavy atom. The Kier molecular flexibility index (Phi) is 3.50. The van der Waals surface area contributed by atoms with E-state index in [1.54, 1.807) is 11.3 Å². The van der Waals surface area contributed by atoms with Gasteiger partial charge in [-0.15, -0.1) is 11.3 Å². The largest absolute Gasteiger partial charge is 0.396 e. The average molecular weight is 280 g/mol. The lowest BCUT2D eigenvalue weighted by atomic mass is 9.85. The smallest absolute Gasteiger partial charge is 0.320 e. The van der Waals surface area contributed by atoms with Gasteiger partial charge in [0.05, 0.1) is 5.00 Å². The minimum Gasteiger partial charge on any atom is -0.396 e. The summed E-state index contributed by atoms with van der Waals surface area (Å²) in [6.07, 6.45) is 3.55. The lowest BCUT2D eigenvalue weighted by molar-refractivity contribution is 0.146. The van der Waals surface area contributed by atoms with Gasteiger partial charge in [0.1, 0.15) is 0 Å². The van der Waals surface area contributed by atoms with E-state index in [4.69, 9.17) is 0 Å². The highest BCUT2D eigenvalue weighted by molar-refractivity contribution is 7.16. The molecule has 0 radical (unpaired) electrons. The molecular formula is C14H20N2O2S. The summed E-state index contributed by atoms with van der Waals surface area (Å²) in [4.78, 5) is 13.2. The number of aliphatic hydroxyl groups excluding tert-OH is 1.